The Balaban J connectivity index is 1.69. The van der Waals surface area contributed by atoms with E-state index in [1.165, 1.54) is 25.7 Å². The molecule has 1 amide bonds. The average Bonchev–Trinajstić information content (AvgIpc) is 3.00. The Morgan fingerprint density at radius 3 is 2.29 bits per heavy atom. The van der Waals surface area contributed by atoms with Crippen LogP contribution >= 0.6 is 0 Å². The molecule has 4 heteroatoms. The molecule has 21 heavy (non-hydrogen) atoms. The quantitative estimate of drug-likeness (QED) is 0.817. The van der Waals surface area contributed by atoms with Crippen molar-refractivity contribution in [3.63, 3.8) is 0 Å². The van der Waals surface area contributed by atoms with Crippen molar-refractivity contribution in [3.8, 4) is 0 Å². The highest BCUT2D eigenvalue weighted by atomic mass is 16.2. The van der Waals surface area contributed by atoms with E-state index in [1.807, 2.05) is 6.92 Å². The lowest BCUT2D eigenvalue weighted by molar-refractivity contribution is -0.137. The molecule has 122 valence electrons. The van der Waals surface area contributed by atoms with Crippen LogP contribution in [0.2, 0.25) is 0 Å². The van der Waals surface area contributed by atoms with Crippen molar-refractivity contribution in [1.82, 2.24) is 9.80 Å². The van der Waals surface area contributed by atoms with Crippen LogP contribution in [0.4, 0.5) is 0 Å². The molecule has 0 aromatic carbocycles. The number of carbonyl (C=O) groups is 1. The molecule has 1 saturated carbocycles. The number of carbonyl (C=O) groups excluding carboxylic acids is 1. The summed E-state index contributed by atoms with van der Waals surface area (Å²) >= 11 is 0. The molecule has 0 spiro atoms. The number of hydrogen-bond acceptors (Lipinski definition) is 3. The smallest absolute Gasteiger partial charge is 0.225 e. The molecule has 0 radical (unpaired) electrons. The van der Waals surface area contributed by atoms with Crippen molar-refractivity contribution < 1.29 is 4.79 Å². The molecule has 0 aromatic heterocycles. The number of rotatable bonds is 6. The molecule has 0 bridgehead atoms. The van der Waals surface area contributed by atoms with Gasteiger partial charge in [0, 0.05) is 44.2 Å². The van der Waals surface area contributed by atoms with Gasteiger partial charge in [0.1, 0.15) is 0 Å². The molecular formula is C17H33N3O. The molecule has 2 fully saturated rings. The monoisotopic (exact) mass is 295 g/mol. The van der Waals surface area contributed by atoms with Crippen LogP contribution in [0.3, 0.4) is 0 Å². The van der Waals surface area contributed by atoms with Crippen LogP contribution in [0.15, 0.2) is 0 Å². The second kappa shape index (κ2) is 8.14. The third-order valence-corrected chi connectivity index (χ3v) is 5.19. The number of hydrogen-bond donors (Lipinski definition) is 1. The van der Waals surface area contributed by atoms with E-state index in [0.29, 0.717) is 5.91 Å². The number of nitrogens with zero attached hydrogens (tertiary/aromatic N) is 2. The number of amides is 1. The van der Waals surface area contributed by atoms with Crippen LogP contribution in [0.25, 0.3) is 0 Å². The molecule has 1 aliphatic heterocycles. The van der Waals surface area contributed by atoms with Crippen LogP contribution in [-0.4, -0.2) is 54.0 Å². The van der Waals surface area contributed by atoms with E-state index >= 15 is 0 Å². The van der Waals surface area contributed by atoms with Crippen molar-refractivity contribution in [2.24, 2.45) is 11.7 Å². The second-order valence-corrected chi connectivity index (χ2v) is 7.11. The van der Waals surface area contributed by atoms with E-state index in [2.05, 4.69) is 16.7 Å². The summed E-state index contributed by atoms with van der Waals surface area (Å²) in [5.74, 6) is 0.507. The minimum Gasteiger partial charge on any atom is -0.340 e. The Morgan fingerprint density at radius 1 is 1.10 bits per heavy atom. The molecule has 1 saturated heterocycles. The molecule has 0 aromatic rings. The van der Waals surface area contributed by atoms with Gasteiger partial charge in [-0.2, -0.15) is 0 Å². The third kappa shape index (κ3) is 4.96. The summed E-state index contributed by atoms with van der Waals surface area (Å²) in [7, 11) is 0. The molecule has 1 heterocycles. The fourth-order valence-corrected chi connectivity index (χ4v) is 3.76. The highest BCUT2D eigenvalue weighted by molar-refractivity contribution is 5.78. The van der Waals surface area contributed by atoms with Gasteiger partial charge >= 0.3 is 0 Å². The summed E-state index contributed by atoms with van der Waals surface area (Å²) in [4.78, 5) is 17.2. The normalized spacial score (nSPS) is 24.2. The third-order valence-electron chi connectivity index (χ3n) is 5.19. The Hall–Kier alpha value is -0.610. The van der Waals surface area contributed by atoms with Crippen molar-refractivity contribution in [2.45, 2.75) is 70.9 Å². The molecule has 2 N–H and O–H groups in total. The van der Waals surface area contributed by atoms with Crippen LogP contribution in [0, 0.1) is 5.92 Å². The van der Waals surface area contributed by atoms with E-state index in [1.54, 1.807) is 0 Å². The van der Waals surface area contributed by atoms with Crippen molar-refractivity contribution in [1.29, 1.82) is 0 Å². The fraction of sp³-hybridized carbons (Fsp3) is 0.941. The Kier molecular flexibility index (Phi) is 6.49. The molecular weight excluding hydrogens is 262 g/mol. The summed E-state index contributed by atoms with van der Waals surface area (Å²) in [5, 5.41) is 0. The summed E-state index contributed by atoms with van der Waals surface area (Å²) in [6, 6.07) is 1.05. The average molecular weight is 295 g/mol. The zero-order valence-corrected chi connectivity index (χ0v) is 13.9. The summed E-state index contributed by atoms with van der Waals surface area (Å²) in [6.07, 6.45) is 8.56. The first-order valence-electron chi connectivity index (χ1n) is 8.86. The van der Waals surface area contributed by atoms with Gasteiger partial charge < -0.3 is 10.6 Å². The van der Waals surface area contributed by atoms with Gasteiger partial charge in [0.05, 0.1) is 0 Å². The topological polar surface area (TPSA) is 49.6 Å². The molecule has 2 atom stereocenters. The van der Waals surface area contributed by atoms with Gasteiger partial charge in [-0.25, -0.2) is 0 Å². The standard InChI is InChI=1S/C17H33N3O/c1-14(6-5-7-15(2)18)17(21)20-12-10-19(11-13-20)16-8-3-4-9-16/h14-16H,3-13,18H2,1-2H3. The maximum atomic E-state index is 12.5. The largest absolute Gasteiger partial charge is 0.340 e. The van der Waals surface area contributed by atoms with E-state index in [9.17, 15) is 4.79 Å². The number of nitrogens with two attached hydrogens (primary N) is 1. The summed E-state index contributed by atoms with van der Waals surface area (Å²) in [5.41, 5.74) is 5.77. The van der Waals surface area contributed by atoms with E-state index in [4.69, 9.17) is 5.73 Å². The van der Waals surface area contributed by atoms with E-state index < -0.39 is 0 Å². The maximum Gasteiger partial charge on any atom is 0.225 e. The first kappa shape index (κ1) is 16.8. The van der Waals surface area contributed by atoms with Crippen LogP contribution in [0.1, 0.15) is 58.8 Å². The Bertz CT molecular complexity index is 318. The molecule has 2 aliphatic rings. The summed E-state index contributed by atoms with van der Waals surface area (Å²) < 4.78 is 0. The Labute approximate surface area is 130 Å². The van der Waals surface area contributed by atoms with Gasteiger partial charge in [0.25, 0.3) is 0 Å². The molecule has 1 aliphatic carbocycles. The lowest BCUT2D eigenvalue weighted by Gasteiger charge is -2.39. The zero-order chi connectivity index (χ0) is 15.2. The predicted molar refractivity (Wildman–Crippen MR) is 87.1 cm³/mol. The maximum absolute atomic E-state index is 12.5. The zero-order valence-electron chi connectivity index (χ0n) is 13.9. The van der Waals surface area contributed by atoms with Gasteiger partial charge in [-0.15, -0.1) is 0 Å². The van der Waals surface area contributed by atoms with Gasteiger partial charge in [-0.3, -0.25) is 9.69 Å². The van der Waals surface area contributed by atoms with Crippen LogP contribution in [-0.2, 0) is 4.79 Å². The SMILES string of the molecule is CC(N)CCCC(C)C(=O)N1CCN(C2CCCC2)CC1. The Morgan fingerprint density at radius 2 is 1.71 bits per heavy atom. The number of piperazine rings is 1. The molecule has 2 rings (SSSR count). The van der Waals surface area contributed by atoms with Crippen molar-refractivity contribution in [3.05, 3.63) is 0 Å². The predicted octanol–water partition coefficient (Wildman–Crippen LogP) is 2.23. The van der Waals surface area contributed by atoms with E-state index in [-0.39, 0.29) is 12.0 Å². The highest BCUT2D eigenvalue weighted by Crippen LogP contribution is 2.24. The van der Waals surface area contributed by atoms with E-state index in [0.717, 1.165) is 51.5 Å². The van der Waals surface area contributed by atoms with Gasteiger partial charge in [0.2, 0.25) is 5.91 Å². The van der Waals surface area contributed by atoms with Crippen LogP contribution < -0.4 is 5.73 Å². The van der Waals surface area contributed by atoms with Gasteiger partial charge in [-0.1, -0.05) is 26.2 Å². The van der Waals surface area contributed by atoms with Gasteiger partial charge in [0.15, 0.2) is 0 Å². The minimum absolute atomic E-state index is 0.154. The van der Waals surface area contributed by atoms with Crippen molar-refractivity contribution in [2.75, 3.05) is 26.2 Å². The highest BCUT2D eigenvalue weighted by Gasteiger charge is 2.29. The van der Waals surface area contributed by atoms with Crippen LogP contribution in [0.5, 0.6) is 0 Å². The molecule has 2 unspecified atom stereocenters. The minimum atomic E-state index is 0.154. The first-order chi connectivity index (χ1) is 10.1. The summed E-state index contributed by atoms with van der Waals surface area (Å²) in [6.45, 7) is 8.10. The second-order valence-electron chi connectivity index (χ2n) is 7.11. The lowest BCUT2D eigenvalue weighted by Crippen LogP contribution is -2.52. The fourth-order valence-electron chi connectivity index (χ4n) is 3.76. The van der Waals surface area contributed by atoms with Crippen molar-refractivity contribution >= 4 is 5.91 Å². The lowest BCUT2D eigenvalue weighted by atomic mass is 10.0. The molecule has 4 nitrogen and oxygen atoms in total. The first-order valence-corrected chi connectivity index (χ1v) is 8.86. The van der Waals surface area contributed by atoms with Gasteiger partial charge in [-0.05, 0) is 32.6 Å².